The number of amides is 2. The lowest BCUT2D eigenvalue weighted by molar-refractivity contribution is 0.124. The van der Waals surface area contributed by atoms with E-state index in [0.717, 1.165) is 32.7 Å². The molecule has 1 aliphatic rings. The Labute approximate surface area is 154 Å². The lowest BCUT2D eigenvalue weighted by Gasteiger charge is -2.41. The first-order valence-electron chi connectivity index (χ1n) is 8.54. The Morgan fingerprint density at radius 3 is 2.52 bits per heavy atom. The van der Waals surface area contributed by atoms with Gasteiger partial charge in [-0.25, -0.2) is 7.91 Å². The van der Waals surface area contributed by atoms with Crippen LogP contribution in [0.3, 0.4) is 0 Å². The largest absolute Gasteiger partial charge is 0.325 e. The minimum Gasteiger partial charge on any atom is -0.325 e. The van der Waals surface area contributed by atoms with E-state index in [1.807, 2.05) is 23.6 Å². The molecule has 2 amide bonds. The van der Waals surface area contributed by atoms with Crippen LogP contribution >= 0.6 is 22.9 Å². The SMILES string of the molecule is CCN(CC)C(=O)N1CCN(I)C(c2ccccc2C(C)C)C1. The normalized spacial score (nSPS) is 19.2. The molecule has 1 fully saturated rings. The molecular weight excluding hydrogens is 401 g/mol. The maximum absolute atomic E-state index is 12.7. The standard InChI is InChI=1S/C18H28IN3O/c1-5-20(6-2)18(23)21-11-12-22(19)17(13-21)16-10-8-7-9-15(16)14(3)4/h7-10,14,17H,5-6,11-13H2,1-4H3. The van der Waals surface area contributed by atoms with E-state index in [1.165, 1.54) is 11.1 Å². The van der Waals surface area contributed by atoms with Crippen LogP contribution in [-0.4, -0.2) is 51.7 Å². The topological polar surface area (TPSA) is 26.8 Å². The Bertz CT molecular complexity index is 531. The fraction of sp³-hybridized carbons (Fsp3) is 0.611. The molecule has 1 heterocycles. The number of carbonyl (C=O) groups is 1. The minimum atomic E-state index is 0.173. The van der Waals surface area contributed by atoms with Crippen LogP contribution in [0.5, 0.6) is 0 Å². The summed E-state index contributed by atoms with van der Waals surface area (Å²) in [5.74, 6) is 0.491. The van der Waals surface area contributed by atoms with E-state index in [1.54, 1.807) is 0 Å². The lowest BCUT2D eigenvalue weighted by Crippen LogP contribution is -2.51. The van der Waals surface area contributed by atoms with E-state index in [0.29, 0.717) is 5.92 Å². The molecule has 128 valence electrons. The summed E-state index contributed by atoms with van der Waals surface area (Å²) >= 11 is 2.41. The predicted molar refractivity (Wildman–Crippen MR) is 104 cm³/mol. The van der Waals surface area contributed by atoms with Gasteiger partial charge in [0.05, 0.1) is 6.04 Å². The third-order valence-corrected chi connectivity index (χ3v) is 5.75. The highest BCUT2D eigenvalue weighted by Crippen LogP contribution is 2.33. The maximum atomic E-state index is 12.7. The van der Waals surface area contributed by atoms with E-state index in [-0.39, 0.29) is 12.1 Å². The average Bonchev–Trinajstić information content (AvgIpc) is 2.56. The zero-order valence-electron chi connectivity index (χ0n) is 14.6. The van der Waals surface area contributed by atoms with E-state index < -0.39 is 0 Å². The molecular formula is C18H28IN3O. The molecule has 1 saturated heterocycles. The van der Waals surface area contributed by atoms with Crippen molar-refractivity contribution >= 4 is 28.9 Å². The zero-order chi connectivity index (χ0) is 17.0. The van der Waals surface area contributed by atoms with Crippen molar-refractivity contribution in [3.8, 4) is 0 Å². The van der Waals surface area contributed by atoms with Gasteiger partial charge in [-0.05, 0) is 30.9 Å². The number of halogens is 1. The number of benzene rings is 1. The van der Waals surface area contributed by atoms with Crippen molar-refractivity contribution in [3.05, 3.63) is 35.4 Å². The van der Waals surface area contributed by atoms with Crippen molar-refractivity contribution in [3.63, 3.8) is 0 Å². The Hall–Kier alpha value is -0.820. The van der Waals surface area contributed by atoms with Crippen molar-refractivity contribution < 1.29 is 4.79 Å². The van der Waals surface area contributed by atoms with Gasteiger partial charge in [0.15, 0.2) is 0 Å². The second-order valence-corrected chi connectivity index (χ2v) is 7.56. The number of piperazine rings is 1. The highest BCUT2D eigenvalue weighted by atomic mass is 127. The van der Waals surface area contributed by atoms with Crippen LogP contribution in [0.4, 0.5) is 4.79 Å². The van der Waals surface area contributed by atoms with Crippen LogP contribution in [0.15, 0.2) is 24.3 Å². The Kier molecular flexibility index (Phi) is 6.71. The van der Waals surface area contributed by atoms with E-state index in [9.17, 15) is 4.79 Å². The molecule has 1 aromatic carbocycles. The van der Waals surface area contributed by atoms with Gasteiger partial charge in [0.25, 0.3) is 0 Å². The van der Waals surface area contributed by atoms with Gasteiger partial charge in [-0.1, -0.05) is 38.1 Å². The molecule has 1 unspecified atom stereocenters. The molecule has 0 spiro atoms. The van der Waals surface area contributed by atoms with Gasteiger partial charge in [0.2, 0.25) is 0 Å². The van der Waals surface area contributed by atoms with Crippen LogP contribution in [0.1, 0.15) is 50.8 Å². The Balaban J connectivity index is 2.24. The number of hydrogen-bond donors (Lipinski definition) is 0. The average molecular weight is 429 g/mol. The van der Waals surface area contributed by atoms with Crippen LogP contribution in [-0.2, 0) is 0 Å². The summed E-state index contributed by atoms with van der Waals surface area (Å²) in [5, 5.41) is 0. The first-order valence-corrected chi connectivity index (χ1v) is 9.51. The van der Waals surface area contributed by atoms with Gasteiger partial charge in [-0.15, -0.1) is 0 Å². The van der Waals surface area contributed by atoms with Gasteiger partial charge in [0.1, 0.15) is 0 Å². The quantitative estimate of drug-likeness (QED) is 0.528. The second-order valence-electron chi connectivity index (χ2n) is 6.32. The van der Waals surface area contributed by atoms with Crippen LogP contribution in [0.25, 0.3) is 0 Å². The Morgan fingerprint density at radius 2 is 1.91 bits per heavy atom. The smallest absolute Gasteiger partial charge is 0.320 e. The first-order chi connectivity index (χ1) is 11.0. The van der Waals surface area contributed by atoms with Crippen molar-refractivity contribution in [1.82, 2.24) is 12.9 Å². The number of rotatable bonds is 4. The zero-order valence-corrected chi connectivity index (χ0v) is 16.8. The van der Waals surface area contributed by atoms with Crippen molar-refractivity contribution in [2.45, 2.75) is 39.7 Å². The van der Waals surface area contributed by atoms with Crippen molar-refractivity contribution in [2.24, 2.45) is 0 Å². The number of hydrogen-bond acceptors (Lipinski definition) is 2. The molecule has 0 bridgehead atoms. The summed E-state index contributed by atoms with van der Waals surface area (Å²) in [6.45, 7) is 12.6. The third kappa shape index (κ3) is 4.18. The molecule has 0 aromatic heterocycles. The third-order valence-electron chi connectivity index (χ3n) is 4.60. The molecule has 1 aliphatic heterocycles. The van der Waals surface area contributed by atoms with Crippen LogP contribution in [0.2, 0.25) is 0 Å². The van der Waals surface area contributed by atoms with Gasteiger partial charge in [0, 0.05) is 55.6 Å². The summed E-state index contributed by atoms with van der Waals surface area (Å²) in [6.07, 6.45) is 0. The number of carbonyl (C=O) groups excluding carboxylic acids is 1. The van der Waals surface area contributed by atoms with E-state index in [4.69, 9.17) is 0 Å². The van der Waals surface area contributed by atoms with Crippen molar-refractivity contribution in [2.75, 3.05) is 32.7 Å². The fourth-order valence-corrected chi connectivity index (χ4v) is 3.91. The lowest BCUT2D eigenvalue weighted by atomic mass is 9.92. The van der Waals surface area contributed by atoms with Gasteiger partial charge < -0.3 is 9.80 Å². The molecule has 0 aliphatic carbocycles. The van der Waals surface area contributed by atoms with Gasteiger partial charge >= 0.3 is 6.03 Å². The molecule has 0 N–H and O–H groups in total. The summed E-state index contributed by atoms with van der Waals surface area (Å²) in [6, 6.07) is 9.09. The van der Waals surface area contributed by atoms with Gasteiger partial charge in [-0.2, -0.15) is 0 Å². The molecule has 2 rings (SSSR count). The molecule has 0 radical (unpaired) electrons. The van der Waals surface area contributed by atoms with Crippen molar-refractivity contribution in [1.29, 1.82) is 0 Å². The predicted octanol–water partition coefficient (Wildman–Crippen LogP) is 4.28. The second kappa shape index (κ2) is 8.33. The maximum Gasteiger partial charge on any atom is 0.320 e. The van der Waals surface area contributed by atoms with Crippen LogP contribution in [0, 0.1) is 0 Å². The summed E-state index contributed by atoms with van der Waals surface area (Å²) in [4.78, 5) is 16.6. The molecule has 5 heteroatoms. The van der Waals surface area contributed by atoms with Gasteiger partial charge in [-0.3, -0.25) is 0 Å². The summed E-state index contributed by atoms with van der Waals surface area (Å²) < 4.78 is 2.35. The molecule has 1 aromatic rings. The molecule has 1 atom stereocenters. The minimum absolute atomic E-state index is 0.173. The fourth-order valence-electron chi connectivity index (χ4n) is 3.22. The highest BCUT2D eigenvalue weighted by molar-refractivity contribution is 14.1. The molecule has 0 saturated carbocycles. The number of nitrogens with zero attached hydrogens (tertiary/aromatic N) is 3. The van der Waals surface area contributed by atoms with E-state index >= 15 is 0 Å². The monoisotopic (exact) mass is 429 g/mol. The number of urea groups is 1. The molecule has 23 heavy (non-hydrogen) atoms. The van der Waals surface area contributed by atoms with E-state index in [2.05, 4.69) is 64.1 Å². The summed E-state index contributed by atoms with van der Waals surface area (Å²) in [5.41, 5.74) is 2.74. The first kappa shape index (κ1) is 18.5. The van der Waals surface area contributed by atoms with Crippen LogP contribution < -0.4 is 0 Å². The molecule has 4 nitrogen and oxygen atoms in total. The highest BCUT2D eigenvalue weighted by Gasteiger charge is 2.32. The summed E-state index contributed by atoms with van der Waals surface area (Å²) in [7, 11) is 0. The Morgan fingerprint density at radius 1 is 1.26 bits per heavy atom.